The van der Waals surface area contributed by atoms with Gasteiger partial charge in [0, 0.05) is 18.4 Å². The summed E-state index contributed by atoms with van der Waals surface area (Å²) in [7, 11) is 0. The van der Waals surface area contributed by atoms with E-state index >= 15 is 0 Å². The van der Waals surface area contributed by atoms with Crippen molar-refractivity contribution < 1.29 is 39.8 Å². The quantitative estimate of drug-likeness (QED) is 0.0899. The van der Waals surface area contributed by atoms with Gasteiger partial charge in [-0.15, -0.1) is 0 Å². The third kappa shape index (κ3) is 10.7. The molecule has 9 heteroatoms. The van der Waals surface area contributed by atoms with Crippen LogP contribution >= 0.6 is 0 Å². The van der Waals surface area contributed by atoms with Crippen molar-refractivity contribution in [1.29, 1.82) is 0 Å². The Morgan fingerprint density at radius 2 is 1.84 bits per heavy atom. The summed E-state index contributed by atoms with van der Waals surface area (Å²) in [5.41, 5.74) is -0.399. The van der Waals surface area contributed by atoms with Crippen LogP contribution in [-0.2, 0) is 10.2 Å². The van der Waals surface area contributed by atoms with Crippen molar-refractivity contribution in [3.63, 3.8) is 0 Å². The van der Waals surface area contributed by atoms with Crippen molar-refractivity contribution in [2.75, 3.05) is 13.2 Å². The fourth-order valence-corrected chi connectivity index (χ4v) is 5.56. The Hall–Kier alpha value is -2.27. The van der Waals surface area contributed by atoms with Crippen molar-refractivity contribution >= 4 is 0 Å². The topological polar surface area (TPSA) is 161 Å². The minimum absolute atomic E-state index is 0.0118. The Kier molecular flexibility index (Phi) is 14.8. The molecular weight excluding hydrogens is 552 g/mol. The molecule has 2 rings (SSSR count). The Balaban J connectivity index is 2.14. The lowest BCUT2D eigenvalue weighted by Crippen LogP contribution is -2.46. The molecule has 1 aromatic heterocycles. The van der Waals surface area contributed by atoms with Crippen LogP contribution in [0.1, 0.15) is 104 Å². The van der Waals surface area contributed by atoms with Crippen molar-refractivity contribution in [2.24, 2.45) is 11.8 Å². The van der Waals surface area contributed by atoms with Gasteiger partial charge < -0.3 is 39.8 Å². The number of rotatable bonds is 16. The number of aromatic hydroxyl groups is 1. The molecule has 0 radical (unpaired) electrons. The van der Waals surface area contributed by atoms with Crippen molar-refractivity contribution in [3.05, 3.63) is 63.3 Å². The Morgan fingerprint density at radius 1 is 1.14 bits per heavy atom. The molecule has 1 aliphatic heterocycles. The van der Waals surface area contributed by atoms with Crippen LogP contribution in [0.2, 0.25) is 0 Å². The summed E-state index contributed by atoms with van der Waals surface area (Å²) in [4.78, 5) is 12.9. The molecule has 7 atom stereocenters. The largest absolute Gasteiger partial charge is 0.507 e. The first-order valence-electron chi connectivity index (χ1n) is 15.6. The maximum absolute atomic E-state index is 12.9. The number of aliphatic hydroxyl groups is 5. The lowest BCUT2D eigenvalue weighted by Gasteiger charge is -2.36. The first kappa shape index (κ1) is 36.9. The van der Waals surface area contributed by atoms with Gasteiger partial charge in [-0.1, -0.05) is 81.4 Å². The monoisotopic (exact) mass is 606 g/mol. The van der Waals surface area contributed by atoms with E-state index < -0.39 is 53.9 Å². The smallest absolute Gasteiger partial charge is 0.345 e. The molecule has 1 saturated heterocycles. The third-order valence-electron chi connectivity index (χ3n) is 8.33. The summed E-state index contributed by atoms with van der Waals surface area (Å²) in [6.45, 7) is 11.3. The number of unbranched alkanes of at least 4 members (excludes halogenated alkanes) is 3. The van der Waals surface area contributed by atoms with Crippen molar-refractivity contribution in [2.45, 2.75) is 122 Å². The molecule has 0 aromatic carbocycles. The van der Waals surface area contributed by atoms with Gasteiger partial charge in [-0.05, 0) is 40.0 Å². The van der Waals surface area contributed by atoms with Gasteiger partial charge in [-0.2, -0.15) is 0 Å². The zero-order valence-corrected chi connectivity index (χ0v) is 26.7. The molecule has 1 aromatic rings. The summed E-state index contributed by atoms with van der Waals surface area (Å²) in [5, 5.41) is 61.7. The number of hydrogen-bond acceptors (Lipinski definition) is 9. The molecule has 0 spiro atoms. The van der Waals surface area contributed by atoms with Crippen molar-refractivity contribution in [3.8, 4) is 5.75 Å². The highest BCUT2D eigenvalue weighted by molar-refractivity contribution is 5.36. The van der Waals surface area contributed by atoms with Crippen LogP contribution < -0.4 is 5.63 Å². The summed E-state index contributed by atoms with van der Waals surface area (Å²) in [5.74, 6) is -0.0686. The lowest BCUT2D eigenvalue weighted by atomic mass is 9.82. The second-order valence-electron chi connectivity index (χ2n) is 12.8. The predicted molar refractivity (Wildman–Crippen MR) is 167 cm³/mol. The zero-order chi connectivity index (χ0) is 32.3. The van der Waals surface area contributed by atoms with E-state index in [0.717, 1.165) is 12.0 Å². The normalized spacial score (nSPS) is 24.3. The van der Waals surface area contributed by atoms with E-state index in [4.69, 9.17) is 9.15 Å². The average Bonchev–Trinajstić information content (AvgIpc) is 2.95. The van der Waals surface area contributed by atoms with E-state index in [1.165, 1.54) is 43.7 Å². The van der Waals surface area contributed by atoms with Gasteiger partial charge in [0.25, 0.3) is 0 Å². The van der Waals surface area contributed by atoms with Crippen LogP contribution in [0.25, 0.3) is 0 Å². The minimum atomic E-state index is -1.50. The summed E-state index contributed by atoms with van der Waals surface area (Å²) in [6, 6.07) is 1.20. The van der Waals surface area contributed by atoms with Gasteiger partial charge in [0.1, 0.15) is 29.3 Å². The second-order valence-corrected chi connectivity index (χ2v) is 12.8. The Bertz CT molecular complexity index is 1150. The number of ether oxygens (including phenoxy) is 1. The van der Waals surface area contributed by atoms with Crippen LogP contribution in [0.15, 0.2) is 50.7 Å². The molecule has 1 fully saturated rings. The molecule has 3 unspecified atom stereocenters. The maximum atomic E-state index is 12.9. The molecule has 1 aliphatic rings. The Labute approximate surface area is 256 Å². The molecule has 6 N–H and O–H groups in total. The van der Waals surface area contributed by atoms with Crippen LogP contribution in [0, 0.1) is 11.8 Å². The molecule has 2 heterocycles. The molecule has 0 amide bonds. The molecule has 43 heavy (non-hydrogen) atoms. The summed E-state index contributed by atoms with van der Waals surface area (Å²) in [6.07, 6.45) is 8.44. The standard InChI is InChI=1S/C34H54O9/c1-7-8-9-10-11-21(2)14-23(4)16-24(19-35)15-22(3)12-13-28(39)34(5,6)29-18-26(37)30(33(41)43-29)32-31(40)27(38)17-25(20-36)42-32/h12-13,15-16,18,21,24-25,27-28,31-32,35-40H,7-11,14,17,19-20H2,1-6H3/t21?,24?,25-,27-,28?,31+,32-/m0/s1. The van der Waals surface area contributed by atoms with E-state index in [1.54, 1.807) is 26.0 Å². The van der Waals surface area contributed by atoms with Gasteiger partial charge in [-0.3, -0.25) is 0 Å². The first-order chi connectivity index (χ1) is 20.2. The molecule has 0 saturated carbocycles. The second kappa shape index (κ2) is 17.3. The minimum Gasteiger partial charge on any atom is -0.507 e. The van der Waals surface area contributed by atoms with E-state index in [9.17, 15) is 35.4 Å². The highest BCUT2D eigenvalue weighted by Crippen LogP contribution is 2.37. The maximum Gasteiger partial charge on any atom is 0.345 e. The zero-order valence-electron chi connectivity index (χ0n) is 26.7. The molecule has 0 bridgehead atoms. The fourth-order valence-electron chi connectivity index (χ4n) is 5.56. The van der Waals surface area contributed by atoms with Gasteiger partial charge in [0.05, 0.1) is 36.9 Å². The fraction of sp³-hybridized carbons (Fsp3) is 0.676. The van der Waals surface area contributed by atoms with Crippen LogP contribution in [0.5, 0.6) is 5.75 Å². The number of aliphatic hydroxyl groups excluding tert-OH is 5. The van der Waals surface area contributed by atoms with E-state index in [1.807, 2.05) is 13.0 Å². The summed E-state index contributed by atoms with van der Waals surface area (Å²) >= 11 is 0. The average molecular weight is 607 g/mol. The predicted octanol–water partition coefficient (Wildman–Crippen LogP) is 4.58. The number of hydrogen-bond donors (Lipinski definition) is 6. The molecule has 244 valence electrons. The van der Waals surface area contributed by atoms with E-state index in [2.05, 4.69) is 26.8 Å². The SMILES string of the molecule is CCCCCCC(C)CC(C)=CC(C=C(C)C=CC(O)C(C)(C)c1cc(O)c([C@@H]2O[C@H](CO)C[C@H](O)[C@H]2O)c(=O)o1)CO. The highest BCUT2D eigenvalue weighted by atomic mass is 16.5. The summed E-state index contributed by atoms with van der Waals surface area (Å²) < 4.78 is 11.0. The van der Waals surface area contributed by atoms with E-state index in [0.29, 0.717) is 5.92 Å². The molecule has 0 aliphatic carbocycles. The highest BCUT2D eigenvalue weighted by Gasteiger charge is 2.41. The first-order valence-corrected chi connectivity index (χ1v) is 15.6. The number of allylic oxidation sites excluding steroid dienone is 3. The van der Waals surface area contributed by atoms with Crippen LogP contribution in [0.4, 0.5) is 0 Å². The third-order valence-corrected chi connectivity index (χ3v) is 8.33. The van der Waals surface area contributed by atoms with Crippen LogP contribution in [-0.4, -0.2) is 68.3 Å². The molecular formula is C34H54O9. The van der Waals surface area contributed by atoms with Crippen LogP contribution in [0.3, 0.4) is 0 Å². The van der Waals surface area contributed by atoms with Gasteiger partial charge in [0.2, 0.25) is 0 Å². The Morgan fingerprint density at radius 3 is 2.44 bits per heavy atom. The molecule has 9 nitrogen and oxygen atoms in total. The lowest BCUT2D eigenvalue weighted by molar-refractivity contribution is -0.180. The van der Waals surface area contributed by atoms with Gasteiger partial charge in [-0.25, -0.2) is 4.79 Å². The van der Waals surface area contributed by atoms with E-state index in [-0.39, 0.29) is 30.3 Å². The van der Waals surface area contributed by atoms with Gasteiger partial charge >= 0.3 is 5.63 Å². The van der Waals surface area contributed by atoms with Gasteiger partial charge in [0.15, 0.2) is 0 Å². The van der Waals surface area contributed by atoms with Crippen molar-refractivity contribution in [1.82, 2.24) is 0 Å².